The number of hydrogen-bond donors (Lipinski definition) is 3. The van der Waals surface area contributed by atoms with Crippen LogP contribution in [0.2, 0.25) is 0 Å². The highest BCUT2D eigenvalue weighted by Gasteiger charge is 2.28. The molecule has 1 aliphatic rings. The van der Waals surface area contributed by atoms with Crippen molar-refractivity contribution in [1.29, 1.82) is 0 Å². The topological polar surface area (TPSA) is 98.7 Å². The number of nitrogens with one attached hydrogen (secondary N) is 2. The SMILES string of the molecule is CN(C)S(=O)(=O)c1cccc(NC(=O)C2CC(O)CN2)c1.Cl. The maximum absolute atomic E-state index is 12.0. The maximum atomic E-state index is 12.0. The number of halogens is 1. The molecule has 0 aliphatic carbocycles. The van der Waals surface area contributed by atoms with Crippen molar-refractivity contribution in [3.8, 4) is 0 Å². The van der Waals surface area contributed by atoms with E-state index in [1.807, 2.05) is 0 Å². The standard InChI is InChI=1S/C13H19N3O4S.ClH/c1-16(2)21(19,20)11-5-3-4-9(6-11)15-13(18)12-7-10(17)8-14-12;/h3-6,10,12,14,17H,7-8H2,1-2H3,(H,15,18);1H. The smallest absolute Gasteiger partial charge is 0.242 e. The van der Waals surface area contributed by atoms with Gasteiger partial charge in [0.05, 0.1) is 17.0 Å². The van der Waals surface area contributed by atoms with Gasteiger partial charge in [-0.05, 0) is 24.6 Å². The molecule has 1 aliphatic heterocycles. The average Bonchev–Trinajstić information content (AvgIpc) is 2.85. The second kappa shape index (κ2) is 7.38. The Morgan fingerprint density at radius 2 is 2.09 bits per heavy atom. The number of hydrogen-bond acceptors (Lipinski definition) is 5. The first-order valence-electron chi connectivity index (χ1n) is 6.55. The van der Waals surface area contributed by atoms with Crippen LogP contribution in [0.5, 0.6) is 0 Å². The summed E-state index contributed by atoms with van der Waals surface area (Å²) in [5.74, 6) is -0.286. The van der Waals surface area contributed by atoms with Crippen molar-refractivity contribution in [2.75, 3.05) is 26.0 Å². The van der Waals surface area contributed by atoms with Crippen LogP contribution in [0, 0.1) is 0 Å². The van der Waals surface area contributed by atoms with E-state index in [2.05, 4.69) is 10.6 Å². The van der Waals surface area contributed by atoms with E-state index >= 15 is 0 Å². The van der Waals surface area contributed by atoms with Crippen molar-refractivity contribution in [1.82, 2.24) is 9.62 Å². The van der Waals surface area contributed by atoms with Crippen molar-refractivity contribution in [3.05, 3.63) is 24.3 Å². The fourth-order valence-corrected chi connectivity index (χ4v) is 3.04. The number of benzene rings is 1. The van der Waals surface area contributed by atoms with Crippen molar-refractivity contribution >= 4 is 34.0 Å². The molecule has 2 unspecified atom stereocenters. The van der Waals surface area contributed by atoms with E-state index in [-0.39, 0.29) is 23.2 Å². The van der Waals surface area contributed by atoms with Gasteiger partial charge in [-0.3, -0.25) is 4.79 Å². The highest BCUT2D eigenvalue weighted by Crippen LogP contribution is 2.18. The maximum Gasteiger partial charge on any atom is 0.242 e. The summed E-state index contributed by atoms with van der Waals surface area (Å²) >= 11 is 0. The molecule has 1 aromatic carbocycles. The van der Waals surface area contributed by atoms with E-state index in [1.54, 1.807) is 12.1 Å². The molecule has 0 saturated carbocycles. The van der Waals surface area contributed by atoms with Crippen LogP contribution in [0.1, 0.15) is 6.42 Å². The second-order valence-corrected chi connectivity index (χ2v) is 7.31. The van der Waals surface area contributed by atoms with Crippen molar-refractivity contribution in [3.63, 3.8) is 0 Å². The summed E-state index contributed by atoms with van der Waals surface area (Å²) < 4.78 is 25.2. The molecule has 2 atom stereocenters. The summed E-state index contributed by atoms with van der Waals surface area (Å²) in [6, 6.07) is 5.62. The number of carbonyl (C=O) groups excluding carboxylic acids is 1. The van der Waals surface area contributed by atoms with E-state index in [9.17, 15) is 18.3 Å². The minimum atomic E-state index is -3.54. The molecule has 0 bridgehead atoms. The second-order valence-electron chi connectivity index (χ2n) is 5.15. The van der Waals surface area contributed by atoms with Crippen LogP contribution in [0.25, 0.3) is 0 Å². The van der Waals surface area contributed by atoms with Gasteiger partial charge in [0.2, 0.25) is 15.9 Å². The Labute approximate surface area is 136 Å². The first-order chi connectivity index (χ1) is 9.80. The summed E-state index contributed by atoms with van der Waals surface area (Å²) in [7, 11) is -0.639. The predicted molar refractivity (Wildman–Crippen MR) is 85.6 cm³/mol. The van der Waals surface area contributed by atoms with Gasteiger partial charge < -0.3 is 15.7 Å². The molecule has 9 heteroatoms. The lowest BCUT2D eigenvalue weighted by Crippen LogP contribution is -2.35. The molecule has 124 valence electrons. The van der Waals surface area contributed by atoms with E-state index < -0.39 is 22.2 Å². The molecule has 0 spiro atoms. The first kappa shape index (κ1) is 18.9. The number of aliphatic hydroxyl groups is 1. The van der Waals surface area contributed by atoms with Crippen LogP contribution in [-0.4, -0.2) is 56.5 Å². The molecule has 1 saturated heterocycles. The third-order valence-corrected chi connectivity index (χ3v) is 5.12. The van der Waals surface area contributed by atoms with Gasteiger partial charge in [0, 0.05) is 26.3 Å². The Hall–Kier alpha value is -1.19. The van der Waals surface area contributed by atoms with Gasteiger partial charge in [-0.2, -0.15) is 0 Å². The minimum absolute atomic E-state index is 0. The molecular weight excluding hydrogens is 330 g/mol. The minimum Gasteiger partial charge on any atom is -0.392 e. The average molecular weight is 350 g/mol. The number of nitrogens with zero attached hydrogens (tertiary/aromatic N) is 1. The quantitative estimate of drug-likeness (QED) is 0.711. The number of carbonyl (C=O) groups is 1. The lowest BCUT2D eigenvalue weighted by atomic mass is 10.2. The van der Waals surface area contributed by atoms with E-state index in [4.69, 9.17) is 0 Å². The normalized spacial score (nSPS) is 21.5. The van der Waals surface area contributed by atoms with Crippen LogP contribution in [-0.2, 0) is 14.8 Å². The van der Waals surface area contributed by atoms with E-state index in [0.717, 1.165) is 4.31 Å². The summed E-state index contributed by atoms with van der Waals surface area (Å²) in [4.78, 5) is 12.1. The third-order valence-electron chi connectivity index (χ3n) is 3.30. The van der Waals surface area contributed by atoms with Crippen LogP contribution >= 0.6 is 12.4 Å². The Morgan fingerprint density at radius 3 is 2.64 bits per heavy atom. The molecule has 1 heterocycles. The van der Waals surface area contributed by atoms with Gasteiger partial charge in [0.15, 0.2) is 0 Å². The molecule has 0 aromatic heterocycles. The molecule has 0 radical (unpaired) electrons. The summed E-state index contributed by atoms with van der Waals surface area (Å²) in [5.41, 5.74) is 0.408. The zero-order valence-corrected chi connectivity index (χ0v) is 13.9. The lowest BCUT2D eigenvalue weighted by molar-refractivity contribution is -0.117. The van der Waals surface area contributed by atoms with E-state index in [1.165, 1.54) is 26.2 Å². The van der Waals surface area contributed by atoms with Crippen LogP contribution < -0.4 is 10.6 Å². The Bertz CT molecular complexity index is 636. The number of amides is 1. The number of sulfonamides is 1. The molecule has 22 heavy (non-hydrogen) atoms. The van der Waals surface area contributed by atoms with Gasteiger partial charge in [0.1, 0.15) is 0 Å². The molecule has 2 rings (SSSR count). The van der Waals surface area contributed by atoms with Crippen molar-refractivity contribution < 1.29 is 18.3 Å². The number of β-amino-alcohol motifs (C(OH)–C–C–N with tert-alkyl or cyclic N) is 1. The highest BCUT2D eigenvalue weighted by molar-refractivity contribution is 7.89. The van der Waals surface area contributed by atoms with Crippen LogP contribution in [0.4, 0.5) is 5.69 Å². The Kier molecular flexibility index (Phi) is 6.33. The molecule has 3 N–H and O–H groups in total. The first-order valence-corrected chi connectivity index (χ1v) is 7.99. The molecular formula is C13H20ClN3O4S. The predicted octanol–water partition coefficient (Wildman–Crippen LogP) is 0.0200. The Balaban J connectivity index is 0.00000242. The summed E-state index contributed by atoms with van der Waals surface area (Å²) in [6.07, 6.45) is -0.178. The zero-order chi connectivity index (χ0) is 15.6. The summed E-state index contributed by atoms with van der Waals surface area (Å²) in [6.45, 7) is 0.382. The fraction of sp³-hybridized carbons (Fsp3) is 0.462. The summed E-state index contributed by atoms with van der Waals surface area (Å²) in [5, 5.41) is 15.0. The number of aliphatic hydroxyl groups excluding tert-OH is 1. The third kappa shape index (κ3) is 4.17. The van der Waals surface area contributed by atoms with Gasteiger partial charge in [-0.1, -0.05) is 6.07 Å². The van der Waals surface area contributed by atoms with Crippen molar-refractivity contribution in [2.45, 2.75) is 23.5 Å². The molecule has 1 fully saturated rings. The van der Waals surface area contributed by atoms with Crippen molar-refractivity contribution in [2.24, 2.45) is 0 Å². The van der Waals surface area contributed by atoms with Gasteiger partial charge in [-0.25, -0.2) is 12.7 Å². The molecule has 1 amide bonds. The molecule has 7 nitrogen and oxygen atoms in total. The van der Waals surface area contributed by atoms with Crippen LogP contribution in [0.3, 0.4) is 0 Å². The Morgan fingerprint density at radius 1 is 1.41 bits per heavy atom. The van der Waals surface area contributed by atoms with Crippen LogP contribution in [0.15, 0.2) is 29.2 Å². The fourth-order valence-electron chi connectivity index (χ4n) is 2.09. The highest BCUT2D eigenvalue weighted by atomic mass is 35.5. The van der Waals surface area contributed by atoms with Gasteiger partial charge >= 0.3 is 0 Å². The lowest BCUT2D eigenvalue weighted by Gasteiger charge is -2.14. The number of anilines is 1. The van der Waals surface area contributed by atoms with Gasteiger partial charge in [0.25, 0.3) is 0 Å². The number of rotatable bonds is 4. The monoisotopic (exact) mass is 349 g/mol. The largest absolute Gasteiger partial charge is 0.392 e. The van der Waals surface area contributed by atoms with E-state index in [0.29, 0.717) is 18.7 Å². The van der Waals surface area contributed by atoms with Gasteiger partial charge in [-0.15, -0.1) is 12.4 Å². The zero-order valence-electron chi connectivity index (χ0n) is 12.3. The molecule has 1 aromatic rings.